The number of nitrogens with zero attached hydrogens (tertiary/aromatic N) is 4. The van der Waals surface area contributed by atoms with Crippen molar-refractivity contribution in [3.63, 3.8) is 0 Å². The lowest BCUT2D eigenvalue weighted by molar-refractivity contribution is 0.0374. The number of amides is 1. The monoisotopic (exact) mass is 328 g/mol. The first kappa shape index (κ1) is 14.8. The molecule has 6 heteroatoms. The van der Waals surface area contributed by atoms with E-state index in [0.29, 0.717) is 5.69 Å². The summed E-state index contributed by atoms with van der Waals surface area (Å²) in [6.07, 6.45) is 5.97. The molecule has 1 aliphatic heterocycles. The van der Waals surface area contributed by atoms with Gasteiger partial charge in [0.15, 0.2) is 0 Å². The van der Waals surface area contributed by atoms with Crippen molar-refractivity contribution < 1.29 is 4.79 Å². The quantitative estimate of drug-likeness (QED) is 0.807. The summed E-state index contributed by atoms with van der Waals surface area (Å²) >= 11 is 1.47. The molecule has 1 fully saturated rings. The summed E-state index contributed by atoms with van der Waals surface area (Å²) in [4.78, 5) is 28.2. The Morgan fingerprint density at radius 2 is 2.30 bits per heavy atom. The van der Waals surface area contributed by atoms with E-state index in [1.807, 2.05) is 23.4 Å². The molecule has 120 valence electrons. The Labute approximate surface area is 139 Å². The van der Waals surface area contributed by atoms with Gasteiger partial charge in [-0.25, -0.2) is 15.0 Å². The molecule has 0 aromatic carbocycles. The van der Waals surface area contributed by atoms with E-state index in [2.05, 4.69) is 16.9 Å². The van der Waals surface area contributed by atoms with Gasteiger partial charge in [-0.1, -0.05) is 6.92 Å². The van der Waals surface area contributed by atoms with Gasteiger partial charge < -0.3 is 4.90 Å². The lowest BCUT2D eigenvalue weighted by atomic mass is 9.65. The van der Waals surface area contributed by atoms with Crippen LogP contribution in [0.1, 0.15) is 53.8 Å². The molecule has 1 aliphatic carbocycles. The third kappa shape index (κ3) is 2.27. The molecule has 3 heterocycles. The standard InChI is InChI=1S/C17H20N4OS/c1-11-18-8-12-4-5-14-17(2,15(12)20-11)6-3-7-21(14)16(22)13-9-23-10-19-13/h8-10,14H,3-7H2,1-2H3/t14?,17-/m1/s1. The Morgan fingerprint density at radius 1 is 1.43 bits per heavy atom. The van der Waals surface area contributed by atoms with Crippen LogP contribution in [0.25, 0.3) is 0 Å². The molecule has 23 heavy (non-hydrogen) atoms. The van der Waals surface area contributed by atoms with Crippen LogP contribution in [-0.2, 0) is 11.8 Å². The van der Waals surface area contributed by atoms with Gasteiger partial charge in [-0.15, -0.1) is 11.3 Å². The van der Waals surface area contributed by atoms with Crippen LogP contribution >= 0.6 is 11.3 Å². The fourth-order valence-corrected chi connectivity index (χ4v) is 4.73. The lowest BCUT2D eigenvalue weighted by Gasteiger charge is -2.50. The summed E-state index contributed by atoms with van der Waals surface area (Å²) in [6.45, 7) is 5.02. The van der Waals surface area contributed by atoms with Gasteiger partial charge in [-0.2, -0.15) is 0 Å². The van der Waals surface area contributed by atoms with Crippen LogP contribution in [0.5, 0.6) is 0 Å². The van der Waals surface area contributed by atoms with E-state index in [-0.39, 0.29) is 17.4 Å². The van der Waals surface area contributed by atoms with Crippen molar-refractivity contribution in [2.45, 2.75) is 51.0 Å². The van der Waals surface area contributed by atoms with E-state index in [0.717, 1.165) is 43.7 Å². The van der Waals surface area contributed by atoms with Crippen LogP contribution in [0.2, 0.25) is 0 Å². The molecule has 1 amide bonds. The second kappa shape index (κ2) is 5.37. The van der Waals surface area contributed by atoms with Crippen molar-refractivity contribution >= 4 is 17.2 Å². The minimum absolute atomic E-state index is 0.0661. The molecule has 0 saturated carbocycles. The number of rotatable bonds is 1. The number of aromatic nitrogens is 3. The first-order valence-corrected chi connectivity index (χ1v) is 9.06. The lowest BCUT2D eigenvalue weighted by Crippen LogP contribution is -2.58. The fourth-order valence-electron chi connectivity index (χ4n) is 4.21. The first-order chi connectivity index (χ1) is 11.1. The fraction of sp³-hybridized carbons (Fsp3) is 0.529. The molecular formula is C17H20N4OS. The summed E-state index contributed by atoms with van der Waals surface area (Å²) in [5.74, 6) is 0.880. The SMILES string of the molecule is Cc1ncc2c(n1)[C@]1(C)CCCN(C(=O)c3cscn3)C1CC2. The number of piperidine rings is 1. The Kier molecular flexibility index (Phi) is 3.44. The van der Waals surface area contributed by atoms with Gasteiger partial charge in [0.2, 0.25) is 0 Å². The minimum atomic E-state index is -0.0782. The van der Waals surface area contributed by atoms with Crippen molar-refractivity contribution in [1.29, 1.82) is 0 Å². The van der Waals surface area contributed by atoms with Crippen molar-refractivity contribution in [3.8, 4) is 0 Å². The molecule has 5 nitrogen and oxygen atoms in total. The van der Waals surface area contributed by atoms with Gasteiger partial charge >= 0.3 is 0 Å². The second-order valence-electron chi connectivity index (χ2n) is 6.74. The number of thiazole rings is 1. The Hall–Kier alpha value is -1.82. The second-order valence-corrected chi connectivity index (χ2v) is 7.46. The highest BCUT2D eigenvalue weighted by atomic mass is 32.1. The van der Waals surface area contributed by atoms with Crippen LogP contribution in [0, 0.1) is 6.92 Å². The first-order valence-electron chi connectivity index (χ1n) is 8.12. The molecule has 0 N–H and O–H groups in total. The van der Waals surface area contributed by atoms with Gasteiger partial charge in [-0.05, 0) is 38.2 Å². The number of hydrogen-bond donors (Lipinski definition) is 0. The molecule has 0 radical (unpaired) electrons. The number of fused-ring (bicyclic) bond motifs is 3. The molecule has 2 aromatic rings. The summed E-state index contributed by atoms with van der Waals surface area (Å²) in [5.41, 5.74) is 4.62. The van der Waals surface area contributed by atoms with Crippen molar-refractivity contribution in [1.82, 2.24) is 19.9 Å². The molecule has 4 rings (SSSR count). The number of likely N-dealkylation sites (tertiary alicyclic amines) is 1. The van der Waals surface area contributed by atoms with E-state index in [1.165, 1.54) is 16.9 Å². The molecule has 0 bridgehead atoms. The summed E-state index contributed by atoms with van der Waals surface area (Å²) < 4.78 is 0. The number of aryl methyl sites for hydroxylation is 2. The van der Waals surface area contributed by atoms with Gasteiger partial charge in [0.25, 0.3) is 5.91 Å². The van der Waals surface area contributed by atoms with Crippen molar-refractivity contribution in [2.75, 3.05) is 6.54 Å². The summed E-state index contributed by atoms with van der Waals surface area (Å²) in [5, 5.41) is 1.84. The average Bonchev–Trinajstić information content (AvgIpc) is 3.08. The Bertz CT molecular complexity index is 745. The van der Waals surface area contributed by atoms with E-state index in [9.17, 15) is 4.79 Å². The number of hydrogen-bond acceptors (Lipinski definition) is 5. The Balaban J connectivity index is 1.74. The predicted molar refractivity (Wildman–Crippen MR) is 88.6 cm³/mol. The van der Waals surface area contributed by atoms with E-state index >= 15 is 0 Å². The Morgan fingerprint density at radius 3 is 3.09 bits per heavy atom. The highest BCUT2D eigenvalue weighted by molar-refractivity contribution is 7.07. The molecule has 2 atom stereocenters. The zero-order valence-electron chi connectivity index (χ0n) is 13.5. The average molecular weight is 328 g/mol. The van der Waals surface area contributed by atoms with Crippen molar-refractivity contribution in [3.05, 3.63) is 39.9 Å². The van der Waals surface area contributed by atoms with Crippen molar-refractivity contribution in [2.24, 2.45) is 0 Å². The smallest absolute Gasteiger partial charge is 0.273 e. The van der Waals surface area contributed by atoms with E-state index in [4.69, 9.17) is 4.98 Å². The normalized spacial score (nSPS) is 26.5. The molecule has 2 aliphatic rings. The maximum atomic E-state index is 12.9. The van der Waals surface area contributed by atoms with Crippen LogP contribution in [0.3, 0.4) is 0 Å². The summed E-state index contributed by atoms with van der Waals surface area (Å²) in [6, 6.07) is 0.201. The highest BCUT2D eigenvalue weighted by Crippen LogP contribution is 2.45. The van der Waals surface area contributed by atoms with Gasteiger partial charge in [-0.3, -0.25) is 4.79 Å². The maximum Gasteiger partial charge on any atom is 0.273 e. The van der Waals surface area contributed by atoms with Gasteiger partial charge in [0.1, 0.15) is 11.5 Å². The summed E-state index contributed by atoms with van der Waals surface area (Å²) in [7, 11) is 0. The zero-order valence-corrected chi connectivity index (χ0v) is 14.3. The minimum Gasteiger partial charge on any atom is -0.333 e. The number of carbonyl (C=O) groups excluding carboxylic acids is 1. The predicted octanol–water partition coefficient (Wildman–Crippen LogP) is 2.75. The van der Waals surface area contributed by atoms with Crippen LogP contribution in [-0.4, -0.2) is 38.3 Å². The third-order valence-corrected chi connectivity index (χ3v) is 5.92. The van der Waals surface area contributed by atoms with Crippen LogP contribution in [0.4, 0.5) is 0 Å². The van der Waals surface area contributed by atoms with Crippen LogP contribution < -0.4 is 0 Å². The largest absolute Gasteiger partial charge is 0.333 e. The molecule has 0 spiro atoms. The molecule has 1 saturated heterocycles. The van der Waals surface area contributed by atoms with Gasteiger partial charge in [0.05, 0.1) is 11.2 Å². The van der Waals surface area contributed by atoms with E-state index in [1.54, 1.807) is 5.51 Å². The molecular weight excluding hydrogens is 308 g/mol. The maximum absolute atomic E-state index is 12.9. The molecule has 1 unspecified atom stereocenters. The van der Waals surface area contributed by atoms with Gasteiger partial charge in [0, 0.05) is 29.6 Å². The van der Waals surface area contributed by atoms with Crippen LogP contribution in [0.15, 0.2) is 17.1 Å². The third-order valence-electron chi connectivity index (χ3n) is 5.33. The number of carbonyl (C=O) groups is 1. The highest BCUT2D eigenvalue weighted by Gasteiger charge is 2.48. The molecule has 2 aromatic heterocycles. The van der Waals surface area contributed by atoms with E-state index < -0.39 is 0 Å². The topological polar surface area (TPSA) is 59.0 Å². The zero-order chi connectivity index (χ0) is 16.0.